The van der Waals surface area contributed by atoms with Crippen LogP contribution < -0.4 is 11.1 Å². The highest BCUT2D eigenvalue weighted by molar-refractivity contribution is 4.83. The minimum Gasteiger partial charge on any atom is -0.318 e. The quantitative estimate of drug-likeness (QED) is 0.500. The molecule has 0 spiro atoms. The Balaban J connectivity index is 1.98. The molecule has 8 heavy (non-hydrogen) atoms. The summed E-state index contributed by atoms with van der Waals surface area (Å²) in [6.45, 7) is 0.470. The summed E-state index contributed by atoms with van der Waals surface area (Å²) in [6, 6.07) is 0.356. The van der Waals surface area contributed by atoms with Gasteiger partial charge in [-0.25, -0.2) is 4.39 Å². The van der Waals surface area contributed by atoms with E-state index in [9.17, 15) is 4.39 Å². The van der Waals surface area contributed by atoms with Crippen molar-refractivity contribution >= 4 is 0 Å². The fourth-order valence-corrected chi connectivity index (χ4v) is 0.882. The molecule has 0 aromatic heterocycles. The van der Waals surface area contributed by atoms with Crippen molar-refractivity contribution in [2.75, 3.05) is 6.67 Å². The molecule has 0 heterocycles. The van der Waals surface area contributed by atoms with E-state index in [2.05, 4.69) is 5.32 Å². The minimum atomic E-state index is -0.570. The molecule has 2 nitrogen and oxygen atoms in total. The van der Waals surface area contributed by atoms with Gasteiger partial charge in [0, 0.05) is 12.7 Å². The second-order valence-electron chi connectivity index (χ2n) is 2.17. The van der Waals surface area contributed by atoms with Gasteiger partial charge in [-0.05, 0) is 12.8 Å². The molecule has 48 valence electrons. The second-order valence-corrected chi connectivity index (χ2v) is 2.17. The maximum absolute atomic E-state index is 12.0. The Hall–Kier alpha value is -0.150. The van der Waals surface area contributed by atoms with Gasteiger partial charge in [-0.15, -0.1) is 0 Å². The minimum absolute atomic E-state index is 0.356. The number of hydrogen-bond acceptors (Lipinski definition) is 2. The maximum Gasteiger partial charge on any atom is 0.103 e. The molecular formula is C5H11FN2. The summed E-state index contributed by atoms with van der Waals surface area (Å²) in [5, 5.41) is 2.95. The summed E-state index contributed by atoms with van der Waals surface area (Å²) in [7, 11) is 0. The van der Waals surface area contributed by atoms with Crippen LogP contribution in [0.15, 0.2) is 0 Å². The monoisotopic (exact) mass is 118 g/mol. The Morgan fingerprint density at radius 1 is 1.62 bits per heavy atom. The van der Waals surface area contributed by atoms with Crippen molar-refractivity contribution < 1.29 is 4.39 Å². The number of nitrogens with two attached hydrogens (primary N) is 1. The number of rotatable bonds is 2. The molecule has 0 radical (unpaired) electrons. The van der Waals surface area contributed by atoms with Crippen LogP contribution in [0.3, 0.4) is 0 Å². The number of halogens is 1. The lowest BCUT2D eigenvalue weighted by molar-refractivity contribution is 0.157. The van der Waals surface area contributed by atoms with Crippen LogP contribution in [0.25, 0.3) is 0 Å². The number of alkyl halides is 1. The first kappa shape index (κ1) is 5.98. The molecule has 3 N–H and O–H groups in total. The summed E-state index contributed by atoms with van der Waals surface area (Å²) in [6.07, 6.45) is 0.730. The van der Waals surface area contributed by atoms with E-state index in [4.69, 9.17) is 5.73 Å². The van der Waals surface area contributed by atoms with Crippen LogP contribution in [0.4, 0.5) is 4.39 Å². The van der Waals surface area contributed by atoms with Gasteiger partial charge in [-0.3, -0.25) is 0 Å². The van der Waals surface area contributed by atoms with Gasteiger partial charge in [0.1, 0.15) is 6.17 Å². The van der Waals surface area contributed by atoms with Crippen molar-refractivity contribution in [3.8, 4) is 0 Å². The summed E-state index contributed by atoms with van der Waals surface area (Å²) in [4.78, 5) is 0. The fraction of sp³-hybridized carbons (Fsp3) is 1.00. The average Bonchev–Trinajstić information content (AvgIpc) is 1.64. The fourth-order valence-electron chi connectivity index (χ4n) is 0.882. The molecule has 0 aromatic carbocycles. The van der Waals surface area contributed by atoms with E-state index >= 15 is 0 Å². The Bertz CT molecular complexity index is 68.1. The third-order valence-corrected chi connectivity index (χ3v) is 1.49. The van der Waals surface area contributed by atoms with Gasteiger partial charge in [-0.1, -0.05) is 0 Å². The van der Waals surface area contributed by atoms with E-state index in [1.807, 2.05) is 0 Å². The summed E-state index contributed by atoms with van der Waals surface area (Å²) in [5.41, 5.74) is 5.15. The SMILES string of the molecule is NCN[C@H]1C[C@H](F)C1. The van der Waals surface area contributed by atoms with Crippen LogP contribution >= 0.6 is 0 Å². The van der Waals surface area contributed by atoms with Crippen LogP contribution in [0.2, 0.25) is 0 Å². The molecule has 0 unspecified atom stereocenters. The van der Waals surface area contributed by atoms with Crippen LogP contribution in [0.1, 0.15) is 12.8 Å². The van der Waals surface area contributed by atoms with Gasteiger partial charge in [0.15, 0.2) is 0 Å². The lowest BCUT2D eigenvalue weighted by atomic mass is 9.91. The summed E-state index contributed by atoms with van der Waals surface area (Å²) < 4.78 is 12.0. The first-order valence-electron chi connectivity index (χ1n) is 2.90. The Morgan fingerprint density at radius 3 is 2.62 bits per heavy atom. The molecule has 0 aliphatic heterocycles. The van der Waals surface area contributed by atoms with Gasteiger partial charge >= 0.3 is 0 Å². The topological polar surface area (TPSA) is 38.0 Å². The third kappa shape index (κ3) is 1.17. The number of nitrogens with one attached hydrogen (secondary N) is 1. The predicted molar refractivity (Wildman–Crippen MR) is 30.1 cm³/mol. The van der Waals surface area contributed by atoms with Gasteiger partial charge in [0.05, 0.1) is 0 Å². The molecular weight excluding hydrogens is 107 g/mol. The van der Waals surface area contributed by atoms with Crippen molar-refractivity contribution in [3.05, 3.63) is 0 Å². The molecule has 0 bridgehead atoms. The largest absolute Gasteiger partial charge is 0.318 e. The Morgan fingerprint density at radius 2 is 2.25 bits per heavy atom. The predicted octanol–water partition coefficient (Wildman–Crippen LogP) is -0.00730. The van der Waals surface area contributed by atoms with Crippen LogP contribution in [-0.4, -0.2) is 18.9 Å². The maximum atomic E-state index is 12.0. The Kier molecular flexibility index (Phi) is 1.81. The van der Waals surface area contributed by atoms with E-state index in [1.54, 1.807) is 0 Å². The van der Waals surface area contributed by atoms with Crippen molar-refractivity contribution in [2.45, 2.75) is 25.1 Å². The van der Waals surface area contributed by atoms with E-state index in [1.165, 1.54) is 0 Å². The normalized spacial score (nSPS) is 36.8. The van der Waals surface area contributed by atoms with Gasteiger partial charge in [-0.2, -0.15) is 0 Å². The van der Waals surface area contributed by atoms with E-state index in [0.717, 1.165) is 0 Å². The zero-order valence-electron chi connectivity index (χ0n) is 4.73. The molecule has 1 aliphatic carbocycles. The van der Waals surface area contributed by atoms with Crippen LogP contribution in [0, 0.1) is 0 Å². The molecule has 3 heteroatoms. The van der Waals surface area contributed by atoms with Crippen LogP contribution in [-0.2, 0) is 0 Å². The molecule has 0 amide bonds. The Labute approximate surface area is 48.2 Å². The highest BCUT2D eigenvalue weighted by atomic mass is 19.1. The van der Waals surface area contributed by atoms with Crippen molar-refractivity contribution in [1.29, 1.82) is 0 Å². The van der Waals surface area contributed by atoms with Crippen LogP contribution in [0.5, 0.6) is 0 Å². The second kappa shape index (κ2) is 2.42. The highest BCUT2D eigenvalue weighted by Gasteiger charge is 2.27. The van der Waals surface area contributed by atoms with Gasteiger partial charge in [0.2, 0.25) is 0 Å². The van der Waals surface area contributed by atoms with E-state index in [-0.39, 0.29) is 0 Å². The first-order valence-corrected chi connectivity index (χ1v) is 2.90. The zero-order valence-corrected chi connectivity index (χ0v) is 4.73. The van der Waals surface area contributed by atoms with Gasteiger partial charge in [0.25, 0.3) is 0 Å². The molecule has 0 aromatic rings. The standard InChI is InChI=1S/C5H11FN2/c6-4-1-5(2-4)8-3-7/h4-5,8H,1-3,7H2/t4-,5-. The smallest absolute Gasteiger partial charge is 0.103 e. The first-order chi connectivity index (χ1) is 3.83. The van der Waals surface area contributed by atoms with Crippen molar-refractivity contribution in [1.82, 2.24) is 5.32 Å². The molecule has 0 saturated heterocycles. The number of hydrogen-bond donors (Lipinski definition) is 2. The third-order valence-electron chi connectivity index (χ3n) is 1.49. The summed E-state index contributed by atoms with van der Waals surface area (Å²) in [5.74, 6) is 0. The van der Waals surface area contributed by atoms with E-state index < -0.39 is 6.17 Å². The van der Waals surface area contributed by atoms with E-state index in [0.29, 0.717) is 25.6 Å². The lowest BCUT2D eigenvalue weighted by Crippen LogP contribution is -2.44. The molecule has 1 fully saturated rings. The molecule has 1 saturated carbocycles. The summed E-state index contributed by atoms with van der Waals surface area (Å²) >= 11 is 0. The molecule has 1 aliphatic rings. The molecule has 0 atom stereocenters. The van der Waals surface area contributed by atoms with Crippen molar-refractivity contribution in [3.63, 3.8) is 0 Å². The van der Waals surface area contributed by atoms with Gasteiger partial charge < -0.3 is 11.1 Å². The average molecular weight is 118 g/mol. The molecule has 1 rings (SSSR count). The lowest BCUT2D eigenvalue weighted by Gasteiger charge is -2.29. The van der Waals surface area contributed by atoms with Crippen molar-refractivity contribution in [2.24, 2.45) is 5.73 Å². The zero-order chi connectivity index (χ0) is 5.98. The highest BCUT2D eigenvalue weighted by Crippen LogP contribution is 2.22.